The molecule has 190 valence electrons. The third-order valence-electron chi connectivity index (χ3n) is 6.51. The molecule has 0 spiro atoms. The second-order valence-electron chi connectivity index (χ2n) is 10.3. The summed E-state index contributed by atoms with van der Waals surface area (Å²) in [5, 5.41) is 4.49. The van der Waals surface area contributed by atoms with E-state index >= 15 is 0 Å². The van der Waals surface area contributed by atoms with E-state index in [0.29, 0.717) is 29.0 Å². The van der Waals surface area contributed by atoms with Gasteiger partial charge in [0.05, 0.1) is 15.9 Å². The predicted octanol–water partition coefficient (Wildman–Crippen LogP) is 6.17. The van der Waals surface area contributed by atoms with Crippen LogP contribution in [0.4, 0.5) is 11.6 Å². The number of rotatable bonds is 7. The minimum absolute atomic E-state index is 0.179. The van der Waals surface area contributed by atoms with Gasteiger partial charge in [-0.15, -0.1) is 0 Å². The van der Waals surface area contributed by atoms with Crippen molar-refractivity contribution in [1.29, 1.82) is 0 Å². The highest BCUT2D eigenvalue weighted by atomic mass is 32.2. The molecule has 0 unspecified atom stereocenters. The number of aromatic amines is 1. The van der Waals surface area contributed by atoms with Crippen molar-refractivity contribution in [3.63, 3.8) is 0 Å². The Kier molecular flexibility index (Phi) is 6.37. The molecule has 5 rings (SSSR count). The van der Waals surface area contributed by atoms with Gasteiger partial charge in [0.1, 0.15) is 0 Å². The molecule has 5 aromatic rings. The first-order chi connectivity index (χ1) is 17.6. The first kappa shape index (κ1) is 24.8. The van der Waals surface area contributed by atoms with Gasteiger partial charge in [0.15, 0.2) is 11.6 Å². The number of nitrogens with zero attached hydrogens (tertiary/aromatic N) is 2. The van der Waals surface area contributed by atoms with E-state index in [-0.39, 0.29) is 16.1 Å². The van der Waals surface area contributed by atoms with Crippen LogP contribution in [0.2, 0.25) is 0 Å². The molecule has 0 saturated heterocycles. The molecule has 37 heavy (non-hydrogen) atoms. The van der Waals surface area contributed by atoms with Gasteiger partial charge in [-0.2, -0.15) is 0 Å². The average Bonchev–Trinajstić information content (AvgIpc) is 3.26. The number of para-hydroxylation sites is 3. The summed E-state index contributed by atoms with van der Waals surface area (Å²) in [6, 6.07) is 21.2. The van der Waals surface area contributed by atoms with E-state index in [0.717, 1.165) is 17.5 Å². The standard InChI is InChI=1S/C29H31N5O2S/c1-19-13-14-21(29(2,3)4)17-26(19)37(35,36)34-28-27(32-24-11-7-8-12-25(24)33-28)30-16-15-20-18-31-23-10-6-5-9-22(20)23/h5-14,17-18,31H,15-16H2,1-4H3,(H,30,32)(H,33,34). The first-order valence-electron chi connectivity index (χ1n) is 12.3. The lowest BCUT2D eigenvalue weighted by Gasteiger charge is -2.21. The molecule has 0 aliphatic carbocycles. The third-order valence-corrected chi connectivity index (χ3v) is 7.99. The van der Waals surface area contributed by atoms with E-state index in [1.54, 1.807) is 13.0 Å². The summed E-state index contributed by atoms with van der Waals surface area (Å²) < 4.78 is 29.9. The Hall–Kier alpha value is -3.91. The maximum atomic E-state index is 13.6. The normalized spacial score (nSPS) is 12.2. The van der Waals surface area contributed by atoms with Crippen LogP contribution in [0, 0.1) is 6.92 Å². The zero-order chi connectivity index (χ0) is 26.2. The molecule has 2 aromatic heterocycles. The Bertz CT molecular complexity index is 1700. The van der Waals surface area contributed by atoms with Gasteiger partial charge in [0.25, 0.3) is 10.0 Å². The molecule has 0 radical (unpaired) electrons. The summed E-state index contributed by atoms with van der Waals surface area (Å²) in [6.45, 7) is 8.54. The summed E-state index contributed by atoms with van der Waals surface area (Å²) in [7, 11) is -3.91. The number of fused-ring (bicyclic) bond motifs is 2. The Morgan fingerprint density at radius 2 is 1.57 bits per heavy atom. The van der Waals surface area contributed by atoms with Crippen molar-refractivity contribution < 1.29 is 8.42 Å². The second-order valence-corrected chi connectivity index (χ2v) is 11.9. The van der Waals surface area contributed by atoms with Crippen molar-refractivity contribution >= 4 is 43.6 Å². The van der Waals surface area contributed by atoms with Gasteiger partial charge < -0.3 is 10.3 Å². The van der Waals surface area contributed by atoms with Crippen LogP contribution >= 0.6 is 0 Å². The van der Waals surface area contributed by atoms with Gasteiger partial charge in [-0.3, -0.25) is 4.72 Å². The minimum atomic E-state index is -3.91. The Morgan fingerprint density at radius 1 is 0.892 bits per heavy atom. The highest BCUT2D eigenvalue weighted by Gasteiger charge is 2.23. The summed E-state index contributed by atoms with van der Waals surface area (Å²) in [4.78, 5) is 12.9. The number of aromatic nitrogens is 3. The SMILES string of the molecule is Cc1ccc(C(C)(C)C)cc1S(=O)(=O)Nc1nc2ccccc2nc1NCCc1c[nH]c2ccccc12. The average molecular weight is 514 g/mol. The van der Waals surface area contributed by atoms with E-state index in [1.165, 1.54) is 10.9 Å². The number of aryl methyl sites for hydroxylation is 1. The summed E-state index contributed by atoms with van der Waals surface area (Å²) in [5.74, 6) is 0.574. The van der Waals surface area contributed by atoms with Gasteiger partial charge in [0, 0.05) is 23.6 Å². The smallest absolute Gasteiger partial charge is 0.263 e. The van der Waals surface area contributed by atoms with Crippen molar-refractivity contribution in [2.24, 2.45) is 0 Å². The second kappa shape index (κ2) is 9.52. The summed E-state index contributed by atoms with van der Waals surface area (Å²) in [6.07, 6.45) is 2.74. The minimum Gasteiger partial charge on any atom is -0.367 e. The number of hydrogen-bond donors (Lipinski definition) is 3. The largest absolute Gasteiger partial charge is 0.367 e. The molecule has 0 aliphatic rings. The van der Waals surface area contributed by atoms with E-state index in [2.05, 4.69) is 46.8 Å². The number of nitrogens with one attached hydrogen (secondary N) is 3. The van der Waals surface area contributed by atoms with Crippen LogP contribution in [0.25, 0.3) is 21.9 Å². The van der Waals surface area contributed by atoms with E-state index in [9.17, 15) is 8.42 Å². The molecule has 0 fully saturated rings. The highest BCUT2D eigenvalue weighted by Crippen LogP contribution is 2.29. The van der Waals surface area contributed by atoms with Crippen LogP contribution in [0.15, 0.2) is 77.8 Å². The van der Waals surface area contributed by atoms with Crippen LogP contribution in [0.3, 0.4) is 0 Å². The lowest BCUT2D eigenvalue weighted by atomic mass is 9.87. The molecule has 7 nitrogen and oxygen atoms in total. The monoisotopic (exact) mass is 513 g/mol. The molecular weight excluding hydrogens is 482 g/mol. The fraction of sp³-hybridized carbons (Fsp3) is 0.241. The van der Waals surface area contributed by atoms with Crippen molar-refractivity contribution in [3.8, 4) is 0 Å². The molecule has 0 atom stereocenters. The predicted molar refractivity (Wildman–Crippen MR) is 151 cm³/mol. The molecule has 3 N–H and O–H groups in total. The molecule has 8 heteroatoms. The molecule has 2 heterocycles. The van der Waals surface area contributed by atoms with Gasteiger partial charge in [0.2, 0.25) is 0 Å². The maximum Gasteiger partial charge on any atom is 0.263 e. The fourth-order valence-electron chi connectivity index (χ4n) is 4.39. The Balaban J connectivity index is 1.46. The lowest BCUT2D eigenvalue weighted by molar-refractivity contribution is 0.584. The van der Waals surface area contributed by atoms with Crippen molar-refractivity contribution in [3.05, 3.63) is 89.6 Å². The number of sulfonamides is 1. The zero-order valence-corrected chi connectivity index (χ0v) is 22.3. The maximum absolute atomic E-state index is 13.6. The number of hydrogen-bond acceptors (Lipinski definition) is 5. The molecule has 0 aliphatic heterocycles. The van der Waals surface area contributed by atoms with E-state index < -0.39 is 10.0 Å². The molecule has 0 amide bonds. The quantitative estimate of drug-likeness (QED) is 0.242. The first-order valence-corrected chi connectivity index (χ1v) is 13.8. The molecule has 3 aromatic carbocycles. The fourth-order valence-corrected chi connectivity index (χ4v) is 5.67. The van der Waals surface area contributed by atoms with Crippen LogP contribution in [0.5, 0.6) is 0 Å². The number of H-pyrrole nitrogens is 1. The Labute approximate surface area is 217 Å². The van der Waals surface area contributed by atoms with Gasteiger partial charge >= 0.3 is 0 Å². The van der Waals surface area contributed by atoms with Crippen molar-refractivity contribution in [2.75, 3.05) is 16.6 Å². The van der Waals surface area contributed by atoms with Crippen molar-refractivity contribution in [2.45, 2.75) is 44.4 Å². The van der Waals surface area contributed by atoms with Gasteiger partial charge in [-0.05, 0) is 59.7 Å². The molecular formula is C29H31N5O2S. The van der Waals surface area contributed by atoms with Crippen LogP contribution in [-0.2, 0) is 21.9 Å². The van der Waals surface area contributed by atoms with E-state index in [1.807, 2.05) is 60.8 Å². The molecule has 0 saturated carbocycles. The molecule has 0 bridgehead atoms. The topological polar surface area (TPSA) is 99.8 Å². The van der Waals surface area contributed by atoms with Crippen molar-refractivity contribution in [1.82, 2.24) is 15.0 Å². The van der Waals surface area contributed by atoms with Crippen LogP contribution in [0.1, 0.15) is 37.5 Å². The van der Waals surface area contributed by atoms with E-state index in [4.69, 9.17) is 4.98 Å². The van der Waals surface area contributed by atoms with Crippen LogP contribution < -0.4 is 10.0 Å². The zero-order valence-electron chi connectivity index (χ0n) is 21.5. The third kappa shape index (κ3) is 5.15. The van der Waals surface area contributed by atoms with Gasteiger partial charge in [-0.1, -0.05) is 63.2 Å². The number of benzene rings is 3. The highest BCUT2D eigenvalue weighted by molar-refractivity contribution is 7.92. The lowest BCUT2D eigenvalue weighted by Crippen LogP contribution is -2.19. The van der Waals surface area contributed by atoms with Crippen LogP contribution in [-0.4, -0.2) is 29.9 Å². The van der Waals surface area contributed by atoms with Gasteiger partial charge in [-0.25, -0.2) is 18.4 Å². The summed E-state index contributed by atoms with van der Waals surface area (Å²) >= 11 is 0. The Morgan fingerprint density at radius 3 is 2.30 bits per heavy atom. The summed E-state index contributed by atoms with van der Waals surface area (Å²) in [5.41, 5.74) is 4.99. The number of anilines is 2.